The molecule has 1 aromatic carbocycles. The lowest BCUT2D eigenvalue weighted by molar-refractivity contribution is 0.598. The molecule has 0 bridgehead atoms. The Labute approximate surface area is 102 Å². The summed E-state index contributed by atoms with van der Waals surface area (Å²) >= 11 is 0. The number of sulfonamides is 1. The number of rotatable bonds is 5. The van der Waals surface area contributed by atoms with Crippen LogP contribution >= 0.6 is 0 Å². The van der Waals surface area contributed by atoms with Crippen molar-refractivity contribution in [2.75, 3.05) is 11.1 Å². The first-order valence-electron chi connectivity index (χ1n) is 5.58. The summed E-state index contributed by atoms with van der Waals surface area (Å²) in [5.74, 6) is 0. The molecule has 0 unspecified atom stereocenters. The summed E-state index contributed by atoms with van der Waals surface area (Å²) in [7, 11) is -3.77. The van der Waals surface area contributed by atoms with E-state index >= 15 is 0 Å². The quantitative estimate of drug-likeness (QED) is 0.696. The zero-order valence-corrected chi connectivity index (χ0v) is 10.9. The van der Waals surface area contributed by atoms with E-state index in [1.165, 1.54) is 6.07 Å². The molecule has 0 fully saturated rings. The van der Waals surface area contributed by atoms with Gasteiger partial charge in [0.25, 0.3) is 0 Å². The zero-order chi connectivity index (χ0) is 13.1. The molecule has 0 aliphatic rings. The first-order valence-corrected chi connectivity index (χ1v) is 7.12. The third-order valence-corrected chi connectivity index (χ3v) is 3.69. The SMILES string of the molecule is CCC(CC)Nc1cccc(S(N)(=O)=O)c1N. The highest BCUT2D eigenvalue weighted by molar-refractivity contribution is 7.89. The summed E-state index contributed by atoms with van der Waals surface area (Å²) in [6, 6.07) is 5.05. The third kappa shape index (κ3) is 3.34. The molecule has 96 valence electrons. The molecule has 17 heavy (non-hydrogen) atoms. The van der Waals surface area contributed by atoms with E-state index in [1.54, 1.807) is 12.1 Å². The van der Waals surface area contributed by atoms with Gasteiger partial charge in [0.15, 0.2) is 0 Å². The van der Waals surface area contributed by atoms with E-state index in [0.29, 0.717) is 5.69 Å². The summed E-state index contributed by atoms with van der Waals surface area (Å²) in [6.45, 7) is 4.11. The van der Waals surface area contributed by atoms with Gasteiger partial charge in [0.05, 0.1) is 11.4 Å². The van der Waals surface area contributed by atoms with Gasteiger partial charge in [0.1, 0.15) is 4.90 Å². The molecule has 0 heterocycles. The molecule has 0 aliphatic carbocycles. The van der Waals surface area contributed by atoms with E-state index < -0.39 is 10.0 Å². The molecule has 0 spiro atoms. The Hall–Kier alpha value is -1.27. The smallest absolute Gasteiger partial charge is 0.240 e. The molecule has 5 N–H and O–H groups in total. The average Bonchev–Trinajstić information content (AvgIpc) is 2.26. The molecule has 0 atom stereocenters. The Morgan fingerprint density at radius 1 is 1.29 bits per heavy atom. The van der Waals surface area contributed by atoms with Crippen LogP contribution in [0.25, 0.3) is 0 Å². The molecule has 0 aromatic heterocycles. The van der Waals surface area contributed by atoms with E-state index in [9.17, 15) is 8.42 Å². The summed E-state index contributed by atoms with van der Waals surface area (Å²) < 4.78 is 22.6. The van der Waals surface area contributed by atoms with Gasteiger partial charge in [0.2, 0.25) is 10.0 Å². The average molecular weight is 257 g/mol. The van der Waals surface area contributed by atoms with Crippen LogP contribution < -0.4 is 16.2 Å². The maximum absolute atomic E-state index is 11.3. The topological polar surface area (TPSA) is 98.2 Å². The van der Waals surface area contributed by atoms with Crippen LogP contribution in [0.5, 0.6) is 0 Å². The van der Waals surface area contributed by atoms with Gasteiger partial charge >= 0.3 is 0 Å². The molecular formula is C11H19N3O2S. The molecule has 6 heteroatoms. The van der Waals surface area contributed by atoms with Gasteiger partial charge in [-0.2, -0.15) is 0 Å². The Balaban J connectivity index is 3.11. The van der Waals surface area contributed by atoms with Gasteiger partial charge in [-0.05, 0) is 25.0 Å². The minimum atomic E-state index is -3.77. The van der Waals surface area contributed by atoms with Crippen molar-refractivity contribution in [1.29, 1.82) is 0 Å². The van der Waals surface area contributed by atoms with Crippen molar-refractivity contribution in [2.45, 2.75) is 37.6 Å². The van der Waals surface area contributed by atoms with Gasteiger partial charge in [-0.15, -0.1) is 0 Å². The molecule has 0 aliphatic heterocycles. The minimum absolute atomic E-state index is 0.0338. The summed E-state index contributed by atoms with van der Waals surface area (Å²) in [5.41, 5.74) is 6.60. The van der Waals surface area contributed by atoms with Gasteiger partial charge in [-0.1, -0.05) is 19.9 Å². The zero-order valence-electron chi connectivity index (χ0n) is 10.1. The van der Waals surface area contributed by atoms with Crippen molar-refractivity contribution in [3.63, 3.8) is 0 Å². The van der Waals surface area contributed by atoms with Crippen LogP contribution in [0.15, 0.2) is 23.1 Å². The first kappa shape index (κ1) is 13.8. The summed E-state index contributed by atoms with van der Waals surface area (Å²) in [5, 5.41) is 8.30. The maximum atomic E-state index is 11.3. The Kier molecular flexibility index (Phi) is 4.36. The van der Waals surface area contributed by atoms with Crippen molar-refractivity contribution >= 4 is 21.4 Å². The fourth-order valence-electron chi connectivity index (χ4n) is 1.63. The summed E-state index contributed by atoms with van der Waals surface area (Å²) in [6.07, 6.45) is 1.88. The fourth-order valence-corrected chi connectivity index (χ4v) is 2.32. The monoisotopic (exact) mass is 257 g/mol. The molecule has 1 rings (SSSR count). The van der Waals surface area contributed by atoms with Crippen molar-refractivity contribution in [1.82, 2.24) is 0 Å². The molecule has 0 saturated carbocycles. The largest absolute Gasteiger partial charge is 0.396 e. The highest BCUT2D eigenvalue weighted by atomic mass is 32.2. The number of nitrogens with one attached hydrogen (secondary N) is 1. The number of para-hydroxylation sites is 1. The molecular weight excluding hydrogens is 238 g/mol. The van der Waals surface area contributed by atoms with Gasteiger partial charge in [0, 0.05) is 6.04 Å². The number of anilines is 2. The second-order valence-electron chi connectivity index (χ2n) is 3.92. The Morgan fingerprint density at radius 3 is 2.35 bits per heavy atom. The van der Waals surface area contributed by atoms with Crippen molar-refractivity contribution in [3.05, 3.63) is 18.2 Å². The van der Waals surface area contributed by atoms with Crippen LogP contribution in [0.1, 0.15) is 26.7 Å². The van der Waals surface area contributed by atoms with Crippen LogP contribution in [0.3, 0.4) is 0 Å². The number of hydrogen-bond acceptors (Lipinski definition) is 4. The third-order valence-electron chi connectivity index (χ3n) is 2.72. The van der Waals surface area contributed by atoms with Gasteiger partial charge in [-0.3, -0.25) is 0 Å². The molecule has 0 saturated heterocycles. The summed E-state index contributed by atoms with van der Waals surface area (Å²) in [4.78, 5) is -0.0338. The van der Waals surface area contributed by atoms with E-state index in [4.69, 9.17) is 10.9 Å². The lowest BCUT2D eigenvalue weighted by atomic mass is 10.1. The molecule has 0 amide bonds. The number of hydrogen-bond donors (Lipinski definition) is 3. The normalized spacial score (nSPS) is 11.8. The first-order chi connectivity index (χ1) is 7.90. The van der Waals surface area contributed by atoms with Crippen molar-refractivity contribution in [3.8, 4) is 0 Å². The van der Waals surface area contributed by atoms with Crippen LogP contribution in [0.4, 0.5) is 11.4 Å². The number of nitrogens with two attached hydrogens (primary N) is 2. The highest BCUT2D eigenvalue weighted by Gasteiger charge is 2.15. The van der Waals surface area contributed by atoms with Crippen LogP contribution in [0, 0.1) is 0 Å². The number of primary sulfonamides is 1. The Morgan fingerprint density at radius 2 is 1.88 bits per heavy atom. The van der Waals surface area contributed by atoms with E-state index in [0.717, 1.165) is 12.8 Å². The highest BCUT2D eigenvalue weighted by Crippen LogP contribution is 2.26. The fraction of sp³-hybridized carbons (Fsp3) is 0.455. The molecule has 0 radical (unpaired) electrons. The van der Waals surface area contributed by atoms with Gasteiger partial charge in [-0.25, -0.2) is 13.6 Å². The molecule has 1 aromatic rings. The predicted octanol–water partition coefficient (Wildman–Crippen LogP) is 1.52. The number of benzene rings is 1. The van der Waals surface area contributed by atoms with Crippen LogP contribution in [0.2, 0.25) is 0 Å². The maximum Gasteiger partial charge on any atom is 0.240 e. The van der Waals surface area contributed by atoms with E-state index in [-0.39, 0.29) is 16.6 Å². The second-order valence-corrected chi connectivity index (χ2v) is 5.45. The lowest BCUT2D eigenvalue weighted by Crippen LogP contribution is -2.20. The lowest BCUT2D eigenvalue weighted by Gasteiger charge is -2.18. The van der Waals surface area contributed by atoms with E-state index in [2.05, 4.69) is 19.2 Å². The van der Waals surface area contributed by atoms with Crippen LogP contribution in [-0.2, 0) is 10.0 Å². The molecule has 5 nitrogen and oxygen atoms in total. The second kappa shape index (κ2) is 5.37. The standard InChI is InChI=1S/C11H19N3O2S/c1-3-8(4-2)14-9-6-5-7-10(11(9)12)17(13,15)16/h5-8,14H,3-4,12H2,1-2H3,(H2,13,15,16). The predicted molar refractivity (Wildman–Crippen MR) is 70.2 cm³/mol. The Bertz CT molecular complexity index is 481. The van der Waals surface area contributed by atoms with Crippen LogP contribution in [-0.4, -0.2) is 14.5 Å². The number of nitrogen functional groups attached to an aromatic ring is 1. The minimum Gasteiger partial charge on any atom is -0.396 e. The van der Waals surface area contributed by atoms with Crippen molar-refractivity contribution in [2.24, 2.45) is 5.14 Å². The van der Waals surface area contributed by atoms with E-state index in [1.807, 2.05) is 0 Å². The van der Waals surface area contributed by atoms with Crippen molar-refractivity contribution < 1.29 is 8.42 Å². The van der Waals surface area contributed by atoms with Gasteiger partial charge < -0.3 is 11.1 Å².